The van der Waals surface area contributed by atoms with Gasteiger partial charge in [0, 0.05) is 0 Å². The van der Waals surface area contributed by atoms with Crippen LogP contribution in [-0.4, -0.2) is 21.2 Å². The summed E-state index contributed by atoms with van der Waals surface area (Å²) in [6, 6.07) is 0. The van der Waals surface area contributed by atoms with Crippen LogP contribution in [0.5, 0.6) is 0 Å². The Morgan fingerprint density at radius 2 is 2.33 bits per heavy atom. The van der Waals surface area contributed by atoms with E-state index in [1.165, 1.54) is 12.8 Å². The molecule has 9 heavy (non-hydrogen) atoms. The molecule has 0 bridgehead atoms. The molecule has 0 saturated heterocycles. The molecule has 0 radical (unpaired) electrons. The quantitative estimate of drug-likeness (QED) is 0.481. The van der Waals surface area contributed by atoms with Crippen LogP contribution in [0.2, 0.25) is 10.6 Å². The van der Waals surface area contributed by atoms with E-state index in [4.69, 9.17) is 0 Å². The van der Waals surface area contributed by atoms with Gasteiger partial charge in [0.15, 0.2) is 0 Å². The van der Waals surface area contributed by atoms with Gasteiger partial charge in [0.25, 0.3) is 0 Å². The molecule has 0 aromatic rings. The Hall–Kier alpha value is 0.189. The molecule has 1 atom stereocenters. The van der Waals surface area contributed by atoms with E-state index in [9.17, 15) is 4.79 Å². The van der Waals surface area contributed by atoms with Gasteiger partial charge >= 0.3 is 62.9 Å². The third-order valence-electron chi connectivity index (χ3n) is 1.30. The van der Waals surface area contributed by atoms with Gasteiger partial charge in [-0.1, -0.05) is 0 Å². The van der Waals surface area contributed by atoms with Crippen LogP contribution < -0.4 is 0 Å². The topological polar surface area (TPSA) is 17.1 Å². The maximum absolute atomic E-state index is 10.3. The van der Waals surface area contributed by atoms with Gasteiger partial charge in [0.05, 0.1) is 0 Å². The first-order chi connectivity index (χ1) is 4.35. The summed E-state index contributed by atoms with van der Waals surface area (Å²) in [6.07, 6.45) is 4.63. The van der Waals surface area contributed by atoms with Gasteiger partial charge in [-0.25, -0.2) is 0 Å². The summed E-state index contributed by atoms with van der Waals surface area (Å²) in [5, 5.41) is 0. The summed E-state index contributed by atoms with van der Waals surface area (Å²) in [7, 11) is 0. The average molecular weight is 193 g/mol. The summed E-state index contributed by atoms with van der Waals surface area (Å²) < 4.78 is 0. The Balaban J connectivity index is 3.20. The van der Waals surface area contributed by atoms with Crippen LogP contribution in [0.25, 0.3) is 0 Å². The average Bonchev–Trinajstić information content (AvgIpc) is 1.91. The SMILES string of the molecule is CCCCC(C=O)[Se]C. The number of rotatable bonds is 5. The van der Waals surface area contributed by atoms with E-state index in [1.807, 2.05) is 0 Å². The van der Waals surface area contributed by atoms with E-state index in [0.29, 0.717) is 19.8 Å². The van der Waals surface area contributed by atoms with Crippen molar-refractivity contribution in [3.8, 4) is 0 Å². The zero-order valence-corrected chi connectivity index (χ0v) is 7.81. The molecule has 0 aliphatic carbocycles. The second kappa shape index (κ2) is 6.31. The molecular weight excluding hydrogens is 179 g/mol. The summed E-state index contributed by atoms with van der Waals surface area (Å²) >= 11 is 0.525. The molecule has 0 aromatic carbocycles. The fourth-order valence-electron chi connectivity index (χ4n) is 0.647. The molecule has 1 nitrogen and oxygen atoms in total. The summed E-state index contributed by atoms with van der Waals surface area (Å²) in [6.45, 7) is 2.16. The van der Waals surface area contributed by atoms with E-state index in [2.05, 4.69) is 12.7 Å². The first-order valence-electron chi connectivity index (χ1n) is 3.33. The molecule has 0 heterocycles. The Morgan fingerprint density at radius 3 is 2.67 bits per heavy atom. The number of unbranched alkanes of at least 4 members (excludes halogenated alkanes) is 1. The molecule has 0 saturated carbocycles. The van der Waals surface area contributed by atoms with Gasteiger partial charge in [0.2, 0.25) is 0 Å². The fraction of sp³-hybridized carbons (Fsp3) is 0.857. The number of carbonyl (C=O) groups excluding carboxylic acids is 1. The van der Waals surface area contributed by atoms with Crippen molar-refractivity contribution in [2.24, 2.45) is 0 Å². The van der Waals surface area contributed by atoms with Crippen LogP contribution in [0, 0.1) is 0 Å². The van der Waals surface area contributed by atoms with Crippen molar-refractivity contribution in [3.63, 3.8) is 0 Å². The van der Waals surface area contributed by atoms with Crippen LogP contribution in [0.15, 0.2) is 0 Å². The Morgan fingerprint density at radius 1 is 1.67 bits per heavy atom. The standard InChI is InChI=1S/C7H14OSe/c1-3-4-5-7(6-8)9-2/h6-7H,3-5H2,1-2H3. The minimum absolute atomic E-state index is 0.387. The molecule has 1 unspecified atom stereocenters. The molecule has 0 aliphatic rings. The second-order valence-electron chi connectivity index (χ2n) is 2.05. The Labute approximate surface area is 63.4 Å². The van der Waals surface area contributed by atoms with Gasteiger partial charge in [-0.05, 0) is 0 Å². The van der Waals surface area contributed by atoms with Gasteiger partial charge in [-0.3, -0.25) is 0 Å². The zero-order chi connectivity index (χ0) is 7.11. The van der Waals surface area contributed by atoms with Crippen molar-refractivity contribution in [2.75, 3.05) is 0 Å². The van der Waals surface area contributed by atoms with E-state index < -0.39 is 0 Å². The molecule has 0 rings (SSSR count). The molecule has 0 amide bonds. The molecule has 0 N–H and O–H groups in total. The Kier molecular flexibility index (Phi) is 6.44. The summed E-state index contributed by atoms with van der Waals surface area (Å²) in [5.74, 6) is 2.13. The first-order valence-corrected chi connectivity index (χ1v) is 6.03. The third kappa shape index (κ3) is 4.68. The number of aldehydes is 1. The van der Waals surface area contributed by atoms with Crippen molar-refractivity contribution in [1.29, 1.82) is 0 Å². The van der Waals surface area contributed by atoms with Crippen LogP contribution >= 0.6 is 0 Å². The molecule has 0 aliphatic heterocycles. The Bertz CT molecular complexity index is 73.3. The van der Waals surface area contributed by atoms with E-state index >= 15 is 0 Å². The molecular formula is C7H14OSe. The molecule has 54 valence electrons. The summed E-state index contributed by atoms with van der Waals surface area (Å²) in [5.41, 5.74) is 0. The van der Waals surface area contributed by atoms with Crippen molar-refractivity contribution >= 4 is 21.2 Å². The normalized spacial score (nSPS) is 13.1. The van der Waals surface area contributed by atoms with E-state index in [0.717, 1.165) is 12.7 Å². The molecule has 0 fully saturated rings. The number of carbonyl (C=O) groups is 1. The van der Waals surface area contributed by atoms with Crippen LogP contribution in [0.4, 0.5) is 0 Å². The monoisotopic (exact) mass is 194 g/mol. The molecule has 0 spiro atoms. The molecule has 0 aromatic heterocycles. The zero-order valence-electron chi connectivity index (χ0n) is 6.09. The summed E-state index contributed by atoms with van der Waals surface area (Å²) in [4.78, 5) is 10.6. The predicted molar refractivity (Wildman–Crippen MR) is 41.0 cm³/mol. The van der Waals surface area contributed by atoms with Gasteiger partial charge in [-0.15, -0.1) is 0 Å². The molecule has 2 heteroatoms. The van der Waals surface area contributed by atoms with Crippen LogP contribution in [0.1, 0.15) is 26.2 Å². The van der Waals surface area contributed by atoms with Crippen molar-refractivity contribution < 1.29 is 4.79 Å². The van der Waals surface area contributed by atoms with Crippen LogP contribution in [-0.2, 0) is 4.79 Å². The minimum atomic E-state index is 0.387. The predicted octanol–water partition coefficient (Wildman–Crippen LogP) is 1.92. The van der Waals surface area contributed by atoms with Gasteiger partial charge in [-0.2, -0.15) is 0 Å². The van der Waals surface area contributed by atoms with Crippen LogP contribution in [0.3, 0.4) is 0 Å². The van der Waals surface area contributed by atoms with Crippen molar-refractivity contribution in [3.05, 3.63) is 0 Å². The number of hydrogen-bond donors (Lipinski definition) is 0. The van der Waals surface area contributed by atoms with Crippen molar-refractivity contribution in [2.45, 2.75) is 36.8 Å². The number of hydrogen-bond acceptors (Lipinski definition) is 1. The third-order valence-corrected chi connectivity index (χ3v) is 3.29. The second-order valence-corrected chi connectivity index (χ2v) is 4.31. The van der Waals surface area contributed by atoms with Crippen molar-refractivity contribution in [1.82, 2.24) is 0 Å². The van der Waals surface area contributed by atoms with Gasteiger partial charge < -0.3 is 0 Å². The van der Waals surface area contributed by atoms with E-state index in [-0.39, 0.29) is 0 Å². The first kappa shape index (κ1) is 9.19. The fourth-order valence-corrected chi connectivity index (χ4v) is 1.72. The maximum atomic E-state index is 10.3. The van der Waals surface area contributed by atoms with E-state index in [1.54, 1.807) is 0 Å². The van der Waals surface area contributed by atoms with Gasteiger partial charge in [0.1, 0.15) is 0 Å².